The highest BCUT2D eigenvalue weighted by atomic mass is 16.7. The Morgan fingerprint density at radius 1 is 0.849 bits per heavy atom. The van der Waals surface area contributed by atoms with Crippen LogP contribution in [0.5, 0.6) is 0 Å². The van der Waals surface area contributed by atoms with E-state index in [9.17, 15) is 38.4 Å². The second kappa shape index (κ2) is 21.4. The van der Waals surface area contributed by atoms with Crippen LogP contribution in [0.2, 0.25) is 0 Å². The van der Waals surface area contributed by atoms with Crippen molar-refractivity contribution in [3.63, 3.8) is 0 Å². The third-order valence-electron chi connectivity index (χ3n) is 7.09. The maximum absolute atomic E-state index is 13.0. The van der Waals surface area contributed by atoms with E-state index in [1.807, 2.05) is 6.07 Å². The molecular formula is C34H47N7O12. The van der Waals surface area contributed by atoms with Gasteiger partial charge in [-0.05, 0) is 32.8 Å². The van der Waals surface area contributed by atoms with Crippen LogP contribution in [0.25, 0.3) is 0 Å². The third-order valence-corrected chi connectivity index (χ3v) is 7.09. The van der Waals surface area contributed by atoms with E-state index in [0.29, 0.717) is 0 Å². The summed E-state index contributed by atoms with van der Waals surface area (Å²) in [6.45, 7) is 4.39. The summed E-state index contributed by atoms with van der Waals surface area (Å²) in [7, 11) is 3.48. The fraction of sp³-hybridized carbons (Fsp3) is 0.500. The van der Waals surface area contributed by atoms with Crippen molar-refractivity contribution in [2.24, 2.45) is 0 Å². The minimum atomic E-state index is -1.41. The van der Waals surface area contributed by atoms with Crippen LogP contribution in [0.4, 0.5) is 4.79 Å². The van der Waals surface area contributed by atoms with Crippen molar-refractivity contribution in [1.29, 1.82) is 0 Å². The van der Waals surface area contributed by atoms with Gasteiger partial charge in [0.25, 0.3) is 0 Å². The van der Waals surface area contributed by atoms with E-state index in [1.165, 1.54) is 25.8 Å². The van der Waals surface area contributed by atoms with E-state index in [2.05, 4.69) is 31.0 Å². The highest BCUT2D eigenvalue weighted by Gasteiger charge is 2.29. The lowest BCUT2D eigenvalue weighted by Gasteiger charge is -2.23. The summed E-state index contributed by atoms with van der Waals surface area (Å²) >= 11 is 0. The molecule has 2 aromatic rings. The maximum atomic E-state index is 13.0. The fourth-order valence-electron chi connectivity index (χ4n) is 4.55. The van der Waals surface area contributed by atoms with Gasteiger partial charge in [0.05, 0.1) is 33.4 Å². The molecule has 0 radical (unpaired) electrons. The van der Waals surface area contributed by atoms with E-state index < -0.39 is 84.3 Å². The van der Waals surface area contributed by atoms with Crippen molar-refractivity contribution >= 4 is 47.6 Å². The van der Waals surface area contributed by atoms with Crippen LogP contribution in [0.15, 0.2) is 49.1 Å². The molecule has 0 aliphatic heterocycles. The van der Waals surface area contributed by atoms with Crippen LogP contribution < -0.4 is 26.1 Å². The number of carbonyl (C=O) groups is 8. The number of nitrogens with zero attached hydrogens (tertiary/aromatic N) is 3. The molecule has 0 bridgehead atoms. The summed E-state index contributed by atoms with van der Waals surface area (Å²) in [5.41, 5.74) is -0.0192. The monoisotopic (exact) mass is 745 g/mol. The van der Waals surface area contributed by atoms with Gasteiger partial charge in [-0.3, -0.25) is 19.2 Å². The second-order valence-electron chi connectivity index (χ2n) is 12.6. The van der Waals surface area contributed by atoms with Gasteiger partial charge in [-0.15, -0.1) is 0 Å². The number of imidazole rings is 1. The average molecular weight is 746 g/mol. The lowest BCUT2D eigenvalue weighted by Crippen LogP contribution is -2.50. The highest BCUT2D eigenvalue weighted by Crippen LogP contribution is 2.09. The van der Waals surface area contributed by atoms with Crippen molar-refractivity contribution in [2.45, 2.75) is 76.6 Å². The van der Waals surface area contributed by atoms with Crippen molar-refractivity contribution < 1.29 is 57.4 Å². The first-order valence-corrected chi connectivity index (χ1v) is 16.5. The van der Waals surface area contributed by atoms with Gasteiger partial charge in [-0.1, -0.05) is 30.3 Å². The number of methoxy groups -OCH3 is 2. The predicted octanol–water partition coefficient (Wildman–Crippen LogP) is -0.575. The second-order valence-corrected chi connectivity index (χ2v) is 12.6. The molecule has 1 heterocycles. The SMILES string of the molecule is COC(=O)[C@@H](CCC(=O)N(C)CC(=O)N[C@H](CC(=O)On1ccnc1)C(=O)OC)NC(=O)CCNC(=O)[C@H](Cc1ccccc1)NC(=O)OC(C)(C)C. The normalized spacial score (nSPS) is 12.5. The number of benzene rings is 1. The van der Waals surface area contributed by atoms with Gasteiger partial charge in [0, 0.05) is 39.1 Å². The standard InChI is InChI=1S/C34H47N7O12/c1-34(2,3)52-33(49)39-24(18-22-10-8-7-9-11-22)30(46)36-15-14-26(42)37-23(31(47)50-5)12-13-28(44)40(4)20-27(43)38-25(32(48)51-6)19-29(45)53-41-17-16-35-21-41/h7-11,16-17,21,23-25H,12-15,18-20H2,1-6H3,(H,36,46)(H,37,42)(H,38,43)(H,39,49)/t23-,24+,25-/m1/s1. The van der Waals surface area contributed by atoms with Gasteiger partial charge in [0.1, 0.15) is 30.1 Å². The molecule has 1 aromatic carbocycles. The molecule has 5 amide bonds. The Balaban J connectivity index is 1.89. The number of likely N-dealkylation sites (N-methyl/N-ethyl adjacent to an activating group) is 1. The first kappa shape index (κ1) is 43.2. The topological polar surface area (TPSA) is 243 Å². The molecule has 290 valence electrons. The largest absolute Gasteiger partial charge is 0.467 e. The quantitative estimate of drug-likeness (QED) is 0.104. The van der Waals surface area contributed by atoms with E-state index in [4.69, 9.17) is 14.3 Å². The summed E-state index contributed by atoms with van der Waals surface area (Å²) < 4.78 is 15.7. The van der Waals surface area contributed by atoms with Crippen LogP contribution >= 0.6 is 0 Å². The van der Waals surface area contributed by atoms with Crippen molar-refractivity contribution in [3.8, 4) is 0 Å². The molecule has 19 heteroatoms. The molecule has 3 atom stereocenters. The van der Waals surface area contributed by atoms with Gasteiger partial charge in [0.2, 0.25) is 23.6 Å². The summed E-state index contributed by atoms with van der Waals surface area (Å²) in [6, 6.07) is 5.31. The molecule has 1 aromatic heterocycles. The molecular weight excluding hydrogens is 698 g/mol. The van der Waals surface area contributed by atoms with E-state index in [-0.39, 0.29) is 32.2 Å². The molecule has 2 rings (SSSR count). The summed E-state index contributed by atoms with van der Waals surface area (Å²) in [6.07, 6.45) is 1.96. The van der Waals surface area contributed by atoms with Gasteiger partial charge < -0.3 is 45.2 Å². The molecule has 0 unspecified atom stereocenters. The number of rotatable bonds is 19. The first-order valence-electron chi connectivity index (χ1n) is 16.5. The molecule has 19 nitrogen and oxygen atoms in total. The van der Waals surface area contributed by atoms with Crippen LogP contribution in [0, 0.1) is 0 Å². The molecule has 53 heavy (non-hydrogen) atoms. The van der Waals surface area contributed by atoms with E-state index in [0.717, 1.165) is 29.4 Å². The van der Waals surface area contributed by atoms with Crippen LogP contribution in [-0.2, 0) is 54.2 Å². The lowest BCUT2D eigenvalue weighted by molar-refractivity contribution is -0.152. The van der Waals surface area contributed by atoms with Crippen molar-refractivity contribution in [1.82, 2.24) is 35.9 Å². The number of aromatic nitrogens is 2. The Morgan fingerprint density at radius 2 is 1.49 bits per heavy atom. The van der Waals surface area contributed by atoms with E-state index in [1.54, 1.807) is 45.0 Å². The Bertz CT molecular complexity index is 1560. The highest BCUT2D eigenvalue weighted by molar-refractivity contribution is 5.91. The molecule has 0 fully saturated rings. The Morgan fingerprint density at radius 3 is 2.09 bits per heavy atom. The number of amides is 5. The van der Waals surface area contributed by atoms with Crippen LogP contribution in [-0.4, -0.2) is 120 Å². The number of ether oxygens (including phenoxy) is 3. The number of alkyl carbamates (subject to hydrolysis) is 1. The summed E-state index contributed by atoms with van der Waals surface area (Å²) in [4.78, 5) is 110. The fourth-order valence-corrected chi connectivity index (χ4v) is 4.55. The number of carbonyl (C=O) groups excluding carboxylic acids is 8. The third kappa shape index (κ3) is 16.7. The van der Waals surface area contributed by atoms with Gasteiger partial charge in [-0.2, -0.15) is 4.73 Å². The number of nitrogens with one attached hydrogen (secondary N) is 4. The summed E-state index contributed by atoms with van der Waals surface area (Å²) in [5, 5.41) is 9.96. The van der Waals surface area contributed by atoms with E-state index >= 15 is 0 Å². The number of hydrogen-bond acceptors (Lipinski definition) is 13. The molecule has 0 aliphatic rings. The molecule has 0 saturated carbocycles. The minimum Gasteiger partial charge on any atom is -0.467 e. The average Bonchev–Trinajstić information content (AvgIpc) is 3.60. The van der Waals surface area contributed by atoms with Crippen LogP contribution in [0.3, 0.4) is 0 Å². The zero-order valence-corrected chi connectivity index (χ0v) is 30.5. The zero-order chi connectivity index (χ0) is 39.6. The maximum Gasteiger partial charge on any atom is 0.408 e. The predicted molar refractivity (Wildman–Crippen MR) is 184 cm³/mol. The summed E-state index contributed by atoms with van der Waals surface area (Å²) in [5.74, 6) is -5.21. The lowest BCUT2D eigenvalue weighted by atomic mass is 10.1. The van der Waals surface area contributed by atoms with Crippen LogP contribution in [0.1, 0.15) is 52.0 Å². The molecule has 0 spiro atoms. The van der Waals surface area contributed by atoms with Gasteiger partial charge >= 0.3 is 24.0 Å². The van der Waals surface area contributed by atoms with Crippen molar-refractivity contribution in [2.75, 3.05) is 34.4 Å². The molecule has 0 aliphatic carbocycles. The van der Waals surface area contributed by atoms with Crippen molar-refractivity contribution in [3.05, 3.63) is 54.6 Å². The Hall–Kier alpha value is -6.01. The number of esters is 2. The smallest absolute Gasteiger partial charge is 0.408 e. The number of hydrogen-bond donors (Lipinski definition) is 4. The molecule has 0 saturated heterocycles. The zero-order valence-electron chi connectivity index (χ0n) is 30.5. The Labute approximate surface area is 306 Å². The minimum absolute atomic E-state index is 0.148. The van der Waals surface area contributed by atoms with Gasteiger partial charge in [-0.25, -0.2) is 24.2 Å². The van der Waals surface area contributed by atoms with Gasteiger partial charge in [0.15, 0.2) is 0 Å². The molecule has 4 N–H and O–H groups in total. The first-order chi connectivity index (χ1) is 25.0. The Kier molecular flexibility index (Phi) is 17.4.